The van der Waals surface area contributed by atoms with Crippen LogP contribution in [0.2, 0.25) is 0 Å². The molecule has 5 nitrogen and oxygen atoms in total. The first-order valence-electron chi connectivity index (χ1n) is 8.55. The first-order chi connectivity index (χ1) is 12.7. The number of carbonyl (C=O) groups is 1. The number of esters is 1. The highest BCUT2D eigenvalue weighted by molar-refractivity contribution is 6.09. The van der Waals surface area contributed by atoms with E-state index in [9.17, 15) is 4.79 Å². The van der Waals surface area contributed by atoms with Gasteiger partial charge in [0.15, 0.2) is 0 Å². The van der Waals surface area contributed by atoms with Crippen molar-refractivity contribution in [2.24, 2.45) is 10.7 Å². The van der Waals surface area contributed by atoms with E-state index in [0.717, 1.165) is 16.7 Å². The summed E-state index contributed by atoms with van der Waals surface area (Å²) in [5, 5.41) is 0. The highest BCUT2D eigenvalue weighted by atomic mass is 16.5. The minimum Gasteiger partial charge on any atom is -0.462 e. The molecule has 5 heteroatoms. The summed E-state index contributed by atoms with van der Waals surface area (Å²) in [6.07, 6.45) is 3.21. The number of benzene rings is 2. The SMILES string of the molecule is CCOC(=O)c1ccc(C(C=NCCOCc2ccccc2)=CN)cc1. The Kier molecular flexibility index (Phi) is 8.09. The van der Waals surface area contributed by atoms with Crippen LogP contribution in [-0.4, -0.2) is 31.9 Å². The van der Waals surface area contributed by atoms with Crippen molar-refractivity contribution < 1.29 is 14.3 Å². The summed E-state index contributed by atoms with van der Waals surface area (Å²) in [4.78, 5) is 16.0. The van der Waals surface area contributed by atoms with Crippen LogP contribution in [0.4, 0.5) is 0 Å². The molecule has 136 valence electrons. The maximum atomic E-state index is 11.7. The minimum absolute atomic E-state index is 0.332. The molecule has 0 spiro atoms. The fourth-order valence-corrected chi connectivity index (χ4v) is 2.27. The molecule has 26 heavy (non-hydrogen) atoms. The molecule has 0 saturated carbocycles. The molecule has 2 rings (SSSR count). The van der Waals surface area contributed by atoms with Crippen LogP contribution >= 0.6 is 0 Å². The van der Waals surface area contributed by atoms with E-state index in [1.807, 2.05) is 42.5 Å². The fraction of sp³-hybridized carbons (Fsp3) is 0.238. The Morgan fingerprint density at radius 2 is 1.77 bits per heavy atom. The Morgan fingerprint density at radius 3 is 2.42 bits per heavy atom. The lowest BCUT2D eigenvalue weighted by Crippen LogP contribution is -2.04. The average Bonchev–Trinajstić information content (AvgIpc) is 2.69. The third-order valence-corrected chi connectivity index (χ3v) is 3.62. The topological polar surface area (TPSA) is 73.9 Å². The maximum Gasteiger partial charge on any atom is 0.338 e. The second kappa shape index (κ2) is 10.8. The monoisotopic (exact) mass is 352 g/mol. The number of rotatable bonds is 9. The highest BCUT2D eigenvalue weighted by Crippen LogP contribution is 2.13. The molecule has 0 radical (unpaired) electrons. The van der Waals surface area contributed by atoms with Crippen LogP contribution in [0.15, 0.2) is 65.8 Å². The third-order valence-electron chi connectivity index (χ3n) is 3.62. The molecule has 0 atom stereocenters. The maximum absolute atomic E-state index is 11.7. The molecule has 0 aromatic heterocycles. The number of allylic oxidation sites excluding steroid dienone is 1. The second-order valence-corrected chi connectivity index (χ2v) is 5.49. The number of carbonyl (C=O) groups excluding carboxylic acids is 1. The molecule has 0 aliphatic carbocycles. The van der Waals surface area contributed by atoms with Gasteiger partial charge >= 0.3 is 5.97 Å². The number of aliphatic imine (C=N–C) groups is 1. The molecule has 2 aromatic rings. The summed E-state index contributed by atoms with van der Waals surface area (Å²) in [7, 11) is 0. The molecule has 0 unspecified atom stereocenters. The van der Waals surface area contributed by atoms with E-state index in [1.54, 1.807) is 25.3 Å². The standard InChI is InChI=1S/C21H24N2O3/c1-2-26-21(24)19-10-8-18(9-11-19)20(14-22)15-23-12-13-25-16-17-6-4-3-5-7-17/h3-11,14-15H,2,12-13,16,22H2,1H3. The van der Waals surface area contributed by atoms with Crippen molar-refractivity contribution in [1.29, 1.82) is 0 Å². The van der Waals surface area contributed by atoms with Gasteiger partial charge < -0.3 is 15.2 Å². The zero-order valence-corrected chi connectivity index (χ0v) is 14.9. The lowest BCUT2D eigenvalue weighted by Gasteiger charge is -2.05. The fourth-order valence-electron chi connectivity index (χ4n) is 2.27. The molecular weight excluding hydrogens is 328 g/mol. The number of ether oxygens (including phenoxy) is 2. The van der Waals surface area contributed by atoms with Gasteiger partial charge in [-0.15, -0.1) is 0 Å². The van der Waals surface area contributed by atoms with Crippen molar-refractivity contribution in [2.45, 2.75) is 13.5 Å². The Morgan fingerprint density at radius 1 is 1.08 bits per heavy atom. The highest BCUT2D eigenvalue weighted by Gasteiger charge is 2.06. The van der Waals surface area contributed by atoms with Gasteiger partial charge in [-0.3, -0.25) is 4.99 Å². The Labute approximate surface area is 154 Å². The van der Waals surface area contributed by atoms with Gasteiger partial charge in [0.1, 0.15) is 0 Å². The largest absolute Gasteiger partial charge is 0.462 e. The minimum atomic E-state index is -0.332. The van der Waals surface area contributed by atoms with E-state index >= 15 is 0 Å². The predicted octanol–water partition coefficient (Wildman–Crippen LogP) is 3.45. The first kappa shape index (κ1) is 19.4. The van der Waals surface area contributed by atoms with Crippen molar-refractivity contribution >= 4 is 17.8 Å². The van der Waals surface area contributed by atoms with Gasteiger partial charge in [-0.05, 0) is 30.2 Å². The summed E-state index contributed by atoms with van der Waals surface area (Å²) < 4.78 is 10.6. The molecule has 0 fully saturated rings. The number of hydrogen-bond acceptors (Lipinski definition) is 5. The molecule has 2 aromatic carbocycles. The predicted molar refractivity (Wildman–Crippen MR) is 104 cm³/mol. The second-order valence-electron chi connectivity index (χ2n) is 5.49. The smallest absolute Gasteiger partial charge is 0.338 e. The van der Waals surface area contributed by atoms with E-state index < -0.39 is 0 Å². The molecule has 0 aliphatic rings. The van der Waals surface area contributed by atoms with Crippen LogP contribution in [-0.2, 0) is 16.1 Å². The van der Waals surface area contributed by atoms with E-state index in [1.165, 1.54) is 6.20 Å². The van der Waals surface area contributed by atoms with Crippen LogP contribution in [0, 0.1) is 0 Å². The summed E-state index contributed by atoms with van der Waals surface area (Å²) >= 11 is 0. The van der Waals surface area contributed by atoms with Crippen molar-refractivity contribution in [2.75, 3.05) is 19.8 Å². The molecule has 0 aliphatic heterocycles. The van der Waals surface area contributed by atoms with Crippen molar-refractivity contribution in [3.63, 3.8) is 0 Å². The van der Waals surface area contributed by atoms with Gasteiger partial charge in [-0.2, -0.15) is 0 Å². The van der Waals surface area contributed by atoms with Gasteiger partial charge in [-0.25, -0.2) is 4.79 Å². The van der Waals surface area contributed by atoms with Crippen LogP contribution in [0.25, 0.3) is 5.57 Å². The summed E-state index contributed by atoms with van der Waals surface area (Å²) in [6, 6.07) is 17.1. The lowest BCUT2D eigenvalue weighted by molar-refractivity contribution is 0.0526. The van der Waals surface area contributed by atoms with Gasteiger partial charge in [0, 0.05) is 18.0 Å². The Balaban J connectivity index is 1.81. The van der Waals surface area contributed by atoms with Crippen molar-refractivity contribution in [1.82, 2.24) is 0 Å². The van der Waals surface area contributed by atoms with E-state index in [-0.39, 0.29) is 5.97 Å². The van der Waals surface area contributed by atoms with Gasteiger partial charge in [0.2, 0.25) is 0 Å². The van der Waals surface area contributed by atoms with Crippen molar-refractivity contribution in [3.05, 3.63) is 77.5 Å². The zero-order valence-electron chi connectivity index (χ0n) is 14.9. The zero-order chi connectivity index (χ0) is 18.6. The van der Waals surface area contributed by atoms with Crippen LogP contribution < -0.4 is 5.73 Å². The van der Waals surface area contributed by atoms with Gasteiger partial charge in [-0.1, -0.05) is 42.5 Å². The Hall–Kier alpha value is -2.92. The van der Waals surface area contributed by atoms with Gasteiger partial charge in [0.25, 0.3) is 0 Å². The molecule has 0 amide bonds. The van der Waals surface area contributed by atoms with Crippen LogP contribution in [0.3, 0.4) is 0 Å². The van der Waals surface area contributed by atoms with Crippen LogP contribution in [0.5, 0.6) is 0 Å². The number of nitrogens with two attached hydrogens (primary N) is 1. The number of nitrogens with zero attached hydrogens (tertiary/aromatic N) is 1. The molecule has 0 heterocycles. The molecule has 2 N–H and O–H groups in total. The normalized spacial score (nSPS) is 11.7. The first-order valence-corrected chi connectivity index (χ1v) is 8.55. The molecular formula is C21H24N2O3. The van der Waals surface area contributed by atoms with E-state index in [0.29, 0.717) is 31.9 Å². The molecule has 0 bridgehead atoms. The van der Waals surface area contributed by atoms with Crippen LogP contribution in [0.1, 0.15) is 28.4 Å². The lowest BCUT2D eigenvalue weighted by atomic mass is 10.1. The van der Waals surface area contributed by atoms with E-state index in [4.69, 9.17) is 15.2 Å². The quantitative estimate of drug-likeness (QED) is 0.426. The third kappa shape index (κ3) is 6.18. The van der Waals surface area contributed by atoms with Gasteiger partial charge in [0.05, 0.1) is 31.9 Å². The summed E-state index contributed by atoms with van der Waals surface area (Å²) in [6.45, 7) is 3.79. The average molecular weight is 352 g/mol. The van der Waals surface area contributed by atoms with Crippen molar-refractivity contribution in [3.8, 4) is 0 Å². The number of hydrogen-bond donors (Lipinski definition) is 1. The Bertz CT molecular complexity index is 738. The van der Waals surface area contributed by atoms with E-state index in [2.05, 4.69) is 4.99 Å². The summed E-state index contributed by atoms with van der Waals surface area (Å²) in [5.41, 5.74) is 9.01. The molecule has 0 saturated heterocycles. The summed E-state index contributed by atoms with van der Waals surface area (Å²) in [5.74, 6) is -0.332.